The molecule has 0 unspecified atom stereocenters. The summed E-state index contributed by atoms with van der Waals surface area (Å²) in [6.07, 6.45) is 0.402. The van der Waals surface area contributed by atoms with E-state index in [0.29, 0.717) is 6.61 Å². The predicted octanol–water partition coefficient (Wildman–Crippen LogP) is 3.21. The Morgan fingerprint density at radius 2 is 2.05 bits per heavy atom. The topological polar surface area (TPSA) is 47.6 Å². The van der Waals surface area contributed by atoms with E-state index in [0.717, 1.165) is 12.0 Å². The first-order valence-corrected chi connectivity index (χ1v) is 7.09. The Balaban J connectivity index is 2.12. The summed E-state index contributed by atoms with van der Waals surface area (Å²) in [5, 5.41) is 2.94. The van der Waals surface area contributed by atoms with Crippen LogP contribution in [-0.4, -0.2) is 24.4 Å². The number of benzene rings is 1. The van der Waals surface area contributed by atoms with Gasteiger partial charge in [-0.1, -0.05) is 24.3 Å². The molecule has 1 aliphatic rings. The van der Waals surface area contributed by atoms with Gasteiger partial charge in [-0.3, -0.25) is 0 Å². The number of hydrogen-bond acceptors (Lipinski definition) is 3. The molecule has 4 heteroatoms. The lowest BCUT2D eigenvalue weighted by molar-refractivity contribution is 0.0245. The molecule has 110 valence electrons. The van der Waals surface area contributed by atoms with Crippen molar-refractivity contribution in [3.63, 3.8) is 0 Å². The molecular formula is C16H23NO3. The molecule has 2 atom stereocenters. The molecular weight excluding hydrogens is 254 g/mol. The van der Waals surface area contributed by atoms with Crippen molar-refractivity contribution < 1.29 is 14.3 Å². The summed E-state index contributed by atoms with van der Waals surface area (Å²) < 4.78 is 11.1. The van der Waals surface area contributed by atoms with E-state index in [2.05, 4.69) is 11.4 Å². The van der Waals surface area contributed by atoms with Gasteiger partial charge in [0.05, 0.1) is 12.1 Å². The first kappa shape index (κ1) is 14.9. The maximum Gasteiger partial charge on any atom is 0.408 e. The smallest absolute Gasteiger partial charge is 0.408 e. The third kappa shape index (κ3) is 3.51. The van der Waals surface area contributed by atoms with Crippen molar-refractivity contribution in [1.29, 1.82) is 0 Å². The normalized spacial score (nSPS) is 21.4. The molecule has 0 aliphatic heterocycles. The van der Waals surface area contributed by atoms with E-state index in [1.54, 1.807) is 0 Å². The van der Waals surface area contributed by atoms with Gasteiger partial charge in [-0.15, -0.1) is 0 Å². The fraction of sp³-hybridized carbons (Fsp3) is 0.562. The first-order chi connectivity index (χ1) is 9.40. The number of carbonyl (C=O) groups is 1. The van der Waals surface area contributed by atoms with Crippen LogP contribution in [0, 0.1) is 0 Å². The minimum atomic E-state index is -0.497. The highest BCUT2D eigenvalue weighted by Crippen LogP contribution is 2.33. The fourth-order valence-electron chi connectivity index (χ4n) is 2.53. The molecule has 2 rings (SSSR count). The number of fused-ring (bicyclic) bond motifs is 1. The van der Waals surface area contributed by atoms with Gasteiger partial charge in [-0.05, 0) is 38.8 Å². The minimum absolute atomic E-state index is 0.0232. The summed E-state index contributed by atoms with van der Waals surface area (Å²) in [5.41, 5.74) is 1.85. The predicted molar refractivity (Wildman–Crippen MR) is 77.7 cm³/mol. The van der Waals surface area contributed by atoms with Crippen LogP contribution in [0.3, 0.4) is 0 Å². The molecule has 0 heterocycles. The summed E-state index contributed by atoms with van der Waals surface area (Å²) >= 11 is 0. The van der Waals surface area contributed by atoms with Crippen LogP contribution in [0.15, 0.2) is 24.3 Å². The molecule has 20 heavy (non-hydrogen) atoms. The van der Waals surface area contributed by atoms with Crippen molar-refractivity contribution in [2.45, 2.75) is 51.9 Å². The van der Waals surface area contributed by atoms with Crippen LogP contribution in [0.5, 0.6) is 0 Å². The fourth-order valence-corrected chi connectivity index (χ4v) is 2.53. The highest BCUT2D eigenvalue weighted by atomic mass is 16.6. The van der Waals surface area contributed by atoms with E-state index >= 15 is 0 Å². The van der Waals surface area contributed by atoms with Gasteiger partial charge in [0.15, 0.2) is 0 Å². The van der Waals surface area contributed by atoms with Crippen molar-refractivity contribution in [1.82, 2.24) is 5.32 Å². The molecule has 0 radical (unpaired) electrons. The summed E-state index contributed by atoms with van der Waals surface area (Å²) in [5.74, 6) is 0. The van der Waals surface area contributed by atoms with Gasteiger partial charge in [0.2, 0.25) is 0 Å². The Labute approximate surface area is 120 Å². The second-order valence-electron chi connectivity index (χ2n) is 6.02. The molecule has 0 fully saturated rings. The third-order valence-electron chi connectivity index (χ3n) is 3.24. The van der Waals surface area contributed by atoms with E-state index in [9.17, 15) is 4.79 Å². The van der Waals surface area contributed by atoms with Crippen molar-refractivity contribution in [2.24, 2.45) is 0 Å². The van der Waals surface area contributed by atoms with Gasteiger partial charge in [0.25, 0.3) is 0 Å². The molecule has 0 saturated heterocycles. The quantitative estimate of drug-likeness (QED) is 0.923. The van der Waals surface area contributed by atoms with Crippen LogP contribution in [-0.2, 0) is 15.9 Å². The largest absolute Gasteiger partial charge is 0.444 e. The first-order valence-electron chi connectivity index (χ1n) is 7.09. The monoisotopic (exact) mass is 277 g/mol. The molecule has 0 spiro atoms. The number of ether oxygens (including phenoxy) is 2. The van der Waals surface area contributed by atoms with Crippen molar-refractivity contribution >= 4 is 6.09 Å². The zero-order valence-corrected chi connectivity index (χ0v) is 12.6. The summed E-state index contributed by atoms with van der Waals surface area (Å²) in [7, 11) is 0. The number of amides is 1. The average Bonchev–Trinajstić information content (AvgIpc) is 2.66. The standard InChI is InChI=1S/C16H23NO3/c1-5-19-13-10-11-8-6-7-9-12(11)14(13)17-15(18)20-16(2,3)4/h6-9,13-14H,5,10H2,1-4H3,(H,17,18)/t13-,14-/m1/s1. The molecule has 0 bridgehead atoms. The molecule has 1 aromatic carbocycles. The highest BCUT2D eigenvalue weighted by molar-refractivity contribution is 5.69. The molecule has 0 saturated carbocycles. The maximum absolute atomic E-state index is 12.0. The number of carbonyl (C=O) groups excluding carboxylic acids is 1. The van der Waals surface area contributed by atoms with Crippen LogP contribution in [0.25, 0.3) is 0 Å². The zero-order valence-electron chi connectivity index (χ0n) is 12.6. The van der Waals surface area contributed by atoms with Crippen molar-refractivity contribution in [3.05, 3.63) is 35.4 Å². The lowest BCUT2D eigenvalue weighted by Crippen LogP contribution is -2.39. The second-order valence-corrected chi connectivity index (χ2v) is 6.02. The van der Waals surface area contributed by atoms with Crippen molar-refractivity contribution in [3.8, 4) is 0 Å². The summed E-state index contributed by atoms with van der Waals surface area (Å²) in [4.78, 5) is 12.0. The lowest BCUT2D eigenvalue weighted by atomic mass is 10.1. The van der Waals surface area contributed by atoms with Crippen LogP contribution in [0.4, 0.5) is 4.79 Å². The van der Waals surface area contributed by atoms with Crippen molar-refractivity contribution in [2.75, 3.05) is 6.61 Å². The molecule has 1 N–H and O–H groups in total. The maximum atomic E-state index is 12.0. The lowest BCUT2D eigenvalue weighted by Gasteiger charge is -2.25. The number of rotatable bonds is 3. The van der Waals surface area contributed by atoms with Gasteiger partial charge < -0.3 is 14.8 Å². The van der Waals surface area contributed by atoms with Gasteiger partial charge in [-0.25, -0.2) is 4.79 Å². The Bertz CT molecular complexity index is 479. The van der Waals surface area contributed by atoms with Gasteiger partial charge >= 0.3 is 6.09 Å². The van der Waals surface area contributed by atoms with Gasteiger partial charge in [0, 0.05) is 13.0 Å². The van der Waals surface area contributed by atoms with Crippen LogP contribution < -0.4 is 5.32 Å². The van der Waals surface area contributed by atoms with Crippen LogP contribution >= 0.6 is 0 Å². The van der Waals surface area contributed by atoms with Gasteiger partial charge in [-0.2, -0.15) is 0 Å². The van der Waals surface area contributed by atoms with E-state index in [1.807, 2.05) is 45.9 Å². The van der Waals surface area contributed by atoms with Crippen LogP contribution in [0.2, 0.25) is 0 Å². The summed E-state index contributed by atoms with van der Waals surface area (Å²) in [6, 6.07) is 7.98. The molecule has 1 amide bonds. The Kier molecular flexibility index (Phi) is 4.33. The second kappa shape index (κ2) is 5.83. The Morgan fingerprint density at radius 3 is 2.70 bits per heavy atom. The minimum Gasteiger partial charge on any atom is -0.444 e. The van der Waals surface area contributed by atoms with Gasteiger partial charge in [0.1, 0.15) is 5.60 Å². The molecule has 0 aromatic heterocycles. The van der Waals surface area contributed by atoms with Crippen LogP contribution in [0.1, 0.15) is 44.9 Å². The van der Waals surface area contributed by atoms with E-state index < -0.39 is 11.7 Å². The summed E-state index contributed by atoms with van der Waals surface area (Å²) in [6.45, 7) is 8.16. The van der Waals surface area contributed by atoms with E-state index in [-0.39, 0.29) is 12.1 Å². The third-order valence-corrected chi connectivity index (χ3v) is 3.24. The number of alkyl carbamates (subject to hydrolysis) is 1. The number of hydrogen-bond donors (Lipinski definition) is 1. The average molecular weight is 277 g/mol. The zero-order chi connectivity index (χ0) is 14.8. The SMILES string of the molecule is CCO[C@@H]1Cc2ccccc2[C@H]1NC(=O)OC(C)(C)C. The van der Waals surface area contributed by atoms with E-state index in [4.69, 9.17) is 9.47 Å². The Hall–Kier alpha value is -1.55. The Morgan fingerprint density at radius 1 is 1.35 bits per heavy atom. The molecule has 1 aromatic rings. The number of nitrogens with one attached hydrogen (secondary N) is 1. The van der Waals surface area contributed by atoms with E-state index in [1.165, 1.54) is 5.56 Å². The molecule has 1 aliphatic carbocycles. The highest BCUT2D eigenvalue weighted by Gasteiger charge is 2.34. The molecule has 4 nitrogen and oxygen atoms in total.